The number of halogens is 1. The topological polar surface area (TPSA) is 92.6 Å². The van der Waals surface area contributed by atoms with Gasteiger partial charge in [0.2, 0.25) is 10.0 Å². The van der Waals surface area contributed by atoms with E-state index < -0.39 is 14.9 Å². The quantitative estimate of drug-likeness (QED) is 0.661. The van der Waals surface area contributed by atoms with Crippen LogP contribution >= 0.6 is 12.4 Å². The Kier molecular flexibility index (Phi) is 5.68. The lowest BCUT2D eigenvalue weighted by Gasteiger charge is -2.17. The standard InChI is InChI=1S/C12H17N3O4S.ClH/c1-9-3-4-11(15(16)17)7-12(9)20(18,19)14-6-5-10(8-14)13-2;/h3-4,7,10,13H,5-6,8H2,1-2H3;1H. The number of nitro benzene ring substituents is 1. The van der Waals surface area contributed by atoms with Gasteiger partial charge in [0.25, 0.3) is 5.69 Å². The van der Waals surface area contributed by atoms with Crippen LogP contribution in [0, 0.1) is 17.0 Å². The smallest absolute Gasteiger partial charge is 0.270 e. The Morgan fingerprint density at radius 2 is 2.10 bits per heavy atom. The van der Waals surface area contributed by atoms with Gasteiger partial charge in [-0.25, -0.2) is 8.42 Å². The Bertz CT molecular complexity index is 635. The molecule has 0 spiro atoms. The number of nitrogens with one attached hydrogen (secondary N) is 1. The highest BCUT2D eigenvalue weighted by molar-refractivity contribution is 7.89. The second kappa shape index (κ2) is 6.69. The molecule has 0 bridgehead atoms. The van der Waals surface area contributed by atoms with Crippen molar-refractivity contribution < 1.29 is 13.3 Å². The first-order chi connectivity index (χ1) is 9.36. The van der Waals surface area contributed by atoms with Crippen molar-refractivity contribution in [2.24, 2.45) is 0 Å². The second-order valence-electron chi connectivity index (χ2n) is 4.84. The Hall–Kier alpha value is -1.22. The first-order valence-corrected chi connectivity index (χ1v) is 7.72. The number of likely N-dealkylation sites (N-methyl/N-ethyl adjacent to an activating group) is 1. The van der Waals surface area contributed by atoms with E-state index in [0.29, 0.717) is 18.7 Å². The Morgan fingerprint density at radius 1 is 1.43 bits per heavy atom. The molecule has 9 heteroatoms. The van der Waals surface area contributed by atoms with Crippen LogP contribution in [0.4, 0.5) is 5.69 Å². The number of benzene rings is 1. The third-order valence-electron chi connectivity index (χ3n) is 3.56. The number of non-ortho nitro benzene ring substituents is 1. The molecule has 1 aliphatic rings. The zero-order valence-electron chi connectivity index (χ0n) is 11.8. The molecule has 7 nitrogen and oxygen atoms in total. The van der Waals surface area contributed by atoms with Gasteiger partial charge in [-0.1, -0.05) is 6.07 Å². The Balaban J connectivity index is 0.00000220. The molecular weight excluding hydrogens is 318 g/mol. The summed E-state index contributed by atoms with van der Waals surface area (Å²) in [6.45, 7) is 2.46. The summed E-state index contributed by atoms with van der Waals surface area (Å²) in [7, 11) is -1.89. The summed E-state index contributed by atoms with van der Waals surface area (Å²) in [4.78, 5) is 10.2. The number of nitrogens with zero attached hydrogens (tertiary/aromatic N) is 2. The number of aryl methyl sites for hydroxylation is 1. The number of rotatable bonds is 4. The van der Waals surface area contributed by atoms with Crippen molar-refractivity contribution in [3.05, 3.63) is 33.9 Å². The van der Waals surface area contributed by atoms with E-state index in [-0.39, 0.29) is 29.0 Å². The van der Waals surface area contributed by atoms with Gasteiger partial charge in [-0.3, -0.25) is 10.1 Å². The predicted octanol–water partition coefficient (Wildman–Crippen LogP) is 1.31. The maximum absolute atomic E-state index is 12.6. The highest BCUT2D eigenvalue weighted by Crippen LogP contribution is 2.27. The van der Waals surface area contributed by atoms with Crippen LogP contribution in [0.15, 0.2) is 23.1 Å². The molecule has 21 heavy (non-hydrogen) atoms. The van der Waals surface area contributed by atoms with Gasteiger partial charge in [0.15, 0.2) is 0 Å². The van der Waals surface area contributed by atoms with Crippen LogP contribution in [-0.2, 0) is 10.0 Å². The summed E-state index contributed by atoms with van der Waals surface area (Å²) >= 11 is 0. The Morgan fingerprint density at radius 3 is 2.62 bits per heavy atom. The van der Waals surface area contributed by atoms with Crippen LogP contribution in [0.2, 0.25) is 0 Å². The highest BCUT2D eigenvalue weighted by Gasteiger charge is 2.33. The van der Waals surface area contributed by atoms with E-state index in [2.05, 4.69) is 5.32 Å². The van der Waals surface area contributed by atoms with Crippen LogP contribution in [0.3, 0.4) is 0 Å². The number of sulfonamides is 1. The highest BCUT2D eigenvalue weighted by atomic mass is 35.5. The molecule has 118 valence electrons. The Labute approximate surface area is 129 Å². The fourth-order valence-electron chi connectivity index (χ4n) is 2.30. The SMILES string of the molecule is CNC1CCN(S(=O)(=O)c2cc([N+](=O)[O-])ccc2C)C1.Cl. The zero-order valence-corrected chi connectivity index (χ0v) is 13.4. The van der Waals surface area contributed by atoms with E-state index in [0.717, 1.165) is 12.5 Å². The maximum Gasteiger partial charge on any atom is 0.270 e. The molecule has 1 aliphatic heterocycles. The molecule has 1 saturated heterocycles. The second-order valence-corrected chi connectivity index (χ2v) is 6.75. The van der Waals surface area contributed by atoms with Crippen LogP contribution in [0.25, 0.3) is 0 Å². The first-order valence-electron chi connectivity index (χ1n) is 6.28. The third-order valence-corrected chi connectivity index (χ3v) is 5.57. The lowest BCUT2D eigenvalue weighted by molar-refractivity contribution is -0.385. The average molecular weight is 336 g/mol. The van der Waals surface area contributed by atoms with Crippen LogP contribution in [0.5, 0.6) is 0 Å². The van der Waals surface area contributed by atoms with Gasteiger partial charge < -0.3 is 5.32 Å². The molecule has 0 aromatic heterocycles. The molecule has 0 saturated carbocycles. The molecule has 1 heterocycles. The van der Waals surface area contributed by atoms with Crippen molar-refractivity contribution in [3.8, 4) is 0 Å². The van der Waals surface area contributed by atoms with E-state index in [1.165, 1.54) is 16.4 Å². The minimum absolute atomic E-state index is 0. The zero-order chi connectivity index (χ0) is 14.9. The summed E-state index contributed by atoms with van der Waals surface area (Å²) in [5, 5.41) is 13.8. The minimum Gasteiger partial charge on any atom is -0.316 e. The summed E-state index contributed by atoms with van der Waals surface area (Å²) < 4.78 is 26.5. The minimum atomic E-state index is -3.68. The van der Waals surface area contributed by atoms with Crippen molar-refractivity contribution in [3.63, 3.8) is 0 Å². The lowest BCUT2D eigenvalue weighted by atomic mass is 10.2. The van der Waals surface area contributed by atoms with Crippen molar-refractivity contribution >= 4 is 28.1 Å². The van der Waals surface area contributed by atoms with Crippen molar-refractivity contribution in [1.82, 2.24) is 9.62 Å². The van der Waals surface area contributed by atoms with E-state index in [4.69, 9.17) is 0 Å². The van der Waals surface area contributed by atoms with E-state index >= 15 is 0 Å². The molecule has 1 atom stereocenters. The van der Waals surface area contributed by atoms with Crippen LogP contribution < -0.4 is 5.32 Å². The van der Waals surface area contributed by atoms with Crippen LogP contribution in [-0.4, -0.2) is 43.8 Å². The molecule has 0 radical (unpaired) electrons. The monoisotopic (exact) mass is 335 g/mol. The molecular formula is C12H18ClN3O4S. The van der Waals surface area contributed by atoms with E-state index in [1.807, 2.05) is 0 Å². The van der Waals surface area contributed by atoms with Crippen LogP contribution in [0.1, 0.15) is 12.0 Å². The molecule has 1 aromatic rings. The van der Waals surface area contributed by atoms with Gasteiger partial charge in [-0.2, -0.15) is 4.31 Å². The molecule has 0 aliphatic carbocycles. The fourth-order valence-corrected chi connectivity index (χ4v) is 4.05. The van der Waals surface area contributed by atoms with Gasteiger partial charge in [-0.15, -0.1) is 12.4 Å². The van der Waals surface area contributed by atoms with Gasteiger partial charge in [-0.05, 0) is 26.0 Å². The largest absolute Gasteiger partial charge is 0.316 e. The molecule has 2 rings (SSSR count). The summed E-state index contributed by atoms with van der Waals surface area (Å²) in [5.74, 6) is 0. The van der Waals surface area contributed by atoms with Gasteiger partial charge in [0.05, 0.1) is 9.82 Å². The normalized spacial score (nSPS) is 19.2. The van der Waals surface area contributed by atoms with Crippen molar-refractivity contribution in [1.29, 1.82) is 0 Å². The molecule has 1 unspecified atom stereocenters. The summed E-state index contributed by atoms with van der Waals surface area (Å²) in [6, 6.07) is 4.05. The molecule has 0 amide bonds. The van der Waals surface area contributed by atoms with Gasteiger partial charge in [0.1, 0.15) is 0 Å². The molecule has 1 aromatic carbocycles. The predicted molar refractivity (Wildman–Crippen MR) is 81.3 cm³/mol. The van der Waals surface area contributed by atoms with Crippen molar-refractivity contribution in [2.75, 3.05) is 20.1 Å². The first kappa shape index (κ1) is 17.8. The average Bonchev–Trinajstić information content (AvgIpc) is 2.88. The van der Waals surface area contributed by atoms with Crippen molar-refractivity contribution in [2.45, 2.75) is 24.3 Å². The summed E-state index contributed by atoms with van der Waals surface area (Å²) in [6.07, 6.45) is 0.740. The number of hydrogen-bond acceptors (Lipinski definition) is 5. The number of nitro groups is 1. The molecule has 1 N–H and O–H groups in total. The maximum atomic E-state index is 12.6. The van der Waals surface area contributed by atoms with E-state index in [9.17, 15) is 18.5 Å². The van der Waals surface area contributed by atoms with Gasteiger partial charge in [0, 0.05) is 31.3 Å². The lowest BCUT2D eigenvalue weighted by Crippen LogP contribution is -2.33. The summed E-state index contributed by atoms with van der Waals surface area (Å²) in [5.41, 5.74) is 0.307. The number of hydrogen-bond donors (Lipinski definition) is 1. The third kappa shape index (κ3) is 3.52. The van der Waals surface area contributed by atoms with Gasteiger partial charge >= 0.3 is 0 Å². The molecule has 1 fully saturated rings. The fraction of sp³-hybridized carbons (Fsp3) is 0.500. The van der Waals surface area contributed by atoms with E-state index in [1.54, 1.807) is 14.0 Å².